The van der Waals surface area contributed by atoms with E-state index >= 15 is 0 Å². The van der Waals surface area contributed by atoms with Gasteiger partial charge in [-0.15, -0.1) is 0 Å². The molecule has 0 aliphatic carbocycles. The number of hydrogen-bond donors (Lipinski definition) is 1. The number of aromatic nitrogens is 1. The quantitative estimate of drug-likeness (QED) is 0.189. The Morgan fingerprint density at radius 2 is 1.75 bits per heavy atom. The van der Waals surface area contributed by atoms with Crippen LogP contribution in [0.1, 0.15) is 22.3 Å². The fourth-order valence-corrected chi connectivity index (χ4v) is 3.61. The minimum Gasteiger partial charge on any atom is -0.322 e. The Balaban J connectivity index is 1.66. The van der Waals surface area contributed by atoms with Crippen LogP contribution in [-0.2, 0) is 11.0 Å². The molecule has 0 unspecified atom stereocenters. The first-order valence-corrected chi connectivity index (χ1v) is 10.7. The van der Waals surface area contributed by atoms with Gasteiger partial charge in [0.2, 0.25) is 5.91 Å². The molecular weight excluding hydrogens is 470 g/mol. The fraction of sp³-hybridized carbons (Fsp3) is 0.0357. The lowest BCUT2D eigenvalue weighted by Crippen LogP contribution is -2.08. The Labute approximate surface area is 203 Å². The predicted octanol–water partition coefficient (Wildman–Crippen LogP) is 6.89. The van der Waals surface area contributed by atoms with E-state index in [0.29, 0.717) is 22.4 Å². The number of nitrogens with one attached hydrogen (secondary N) is 1. The number of carbonyl (C=O) groups excluding carboxylic acids is 1. The third-order valence-electron chi connectivity index (χ3n) is 5.37. The second-order valence-electron chi connectivity index (χ2n) is 7.71. The number of rotatable bonds is 5. The summed E-state index contributed by atoms with van der Waals surface area (Å²) in [5.41, 5.74) is 0.763. The number of pyridine rings is 1. The average molecular weight is 487 g/mol. The summed E-state index contributed by atoms with van der Waals surface area (Å²) in [5, 5.41) is 13.6. The predicted molar refractivity (Wildman–Crippen MR) is 129 cm³/mol. The van der Waals surface area contributed by atoms with Crippen molar-refractivity contribution < 1.29 is 22.4 Å². The summed E-state index contributed by atoms with van der Waals surface area (Å²) in [6.07, 6.45) is 3.01. The van der Waals surface area contributed by atoms with E-state index in [4.69, 9.17) is 0 Å². The number of nitriles is 1. The Hall–Kier alpha value is -4.77. The molecule has 4 nitrogen and oxygen atoms in total. The second kappa shape index (κ2) is 10.2. The Morgan fingerprint density at radius 3 is 2.47 bits per heavy atom. The molecule has 1 aromatic heterocycles. The summed E-state index contributed by atoms with van der Waals surface area (Å²) < 4.78 is 52.9. The van der Waals surface area contributed by atoms with Crippen molar-refractivity contribution >= 4 is 27.9 Å². The minimum atomic E-state index is -4.50. The number of anilines is 1. The van der Waals surface area contributed by atoms with Crippen molar-refractivity contribution in [3.05, 3.63) is 125 Å². The summed E-state index contributed by atoms with van der Waals surface area (Å²) in [4.78, 5) is 16.6. The average Bonchev–Trinajstić information content (AvgIpc) is 2.87. The molecular formula is C28H17F4N3O. The number of amides is 1. The van der Waals surface area contributed by atoms with Gasteiger partial charge in [0, 0.05) is 34.9 Å². The van der Waals surface area contributed by atoms with Gasteiger partial charge in [-0.05, 0) is 53.1 Å². The van der Waals surface area contributed by atoms with Crippen LogP contribution in [0, 0.1) is 17.1 Å². The lowest BCUT2D eigenvalue weighted by molar-refractivity contribution is -0.137. The van der Waals surface area contributed by atoms with Gasteiger partial charge < -0.3 is 5.32 Å². The van der Waals surface area contributed by atoms with Gasteiger partial charge in [0.15, 0.2) is 0 Å². The zero-order chi connectivity index (χ0) is 25.7. The second-order valence-corrected chi connectivity index (χ2v) is 7.71. The lowest BCUT2D eigenvalue weighted by Gasteiger charge is -2.11. The zero-order valence-electron chi connectivity index (χ0n) is 18.6. The van der Waals surface area contributed by atoms with E-state index in [1.165, 1.54) is 42.5 Å². The number of hydrogen-bond acceptors (Lipinski definition) is 3. The standard InChI is InChI=1S/C28H17F4N3O/c29-25-12-9-19(15-21(25)16-33)23(18-7-10-22(11-8-18)28(30,31)32)4-2-6-27(36)35-26-5-1-3-20-17-34-14-13-24(20)26/h1-15,17H,(H,35,36). The van der Waals surface area contributed by atoms with Crippen molar-refractivity contribution in [1.82, 2.24) is 4.98 Å². The largest absolute Gasteiger partial charge is 0.416 e. The van der Waals surface area contributed by atoms with E-state index in [9.17, 15) is 27.6 Å². The van der Waals surface area contributed by atoms with Crippen molar-refractivity contribution in [2.45, 2.75) is 6.18 Å². The normalized spacial score (nSPS) is 12.0. The van der Waals surface area contributed by atoms with E-state index in [0.717, 1.165) is 29.0 Å². The molecule has 36 heavy (non-hydrogen) atoms. The topological polar surface area (TPSA) is 65.8 Å². The number of halogens is 4. The first-order valence-electron chi connectivity index (χ1n) is 10.7. The summed E-state index contributed by atoms with van der Waals surface area (Å²) in [6, 6.07) is 17.2. The summed E-state index contributed by atoms with van der Waals surface area (Å²) in [7, 11) is 0. The first kappa shape index (κ1) is 24.4. The van der Waals surface area contributed by atoms with Crippen molar-refractivity contribution in [2.75, 3.05) is 5.32 Å². The van der Waals surface area contributed by atoms with Gasteiger partial charge in [0.25, 0.3) is 0 Å². The van der Waals surface area contributed by atoms with Gasteiger partial charge >= 0.3 is 6.18 Å². The van der Waals surface area contributed by atoms with E-state index in [-0.39, 0.29) is 5.56 Å². The van der Waals surface area contributed by atoms with Crippen LogP contribution in [0.3, 0.4) is 0 Å². The van der Waals surface area contributed by atoms with Crippen LogP contribution in [0.2, 0.25) is 0 Å². The highest BCUT2D eigenvalue weighted by molar-refractivity contribution is 6.06. The molecule has 4 rings (SSSR count). The smallest absolute Gasteiger partial charge is 0.322 e. The minimum absolute atomic E-state index is 0.211. The molecule has 0 atom stereocenters. The summed E-state index contributed by atoms with van der Waals surface area (Å²) >= 11 is 0. The maximum Gasteiger partial charge on any atom is 0.416 e. The number of carbonyl (C=O) groups is 1. The third kappa shape index (κ3) is 5.47. The molecule has 0 aliphatic rings. The molecule has 1 N–H and O–H groups in total. The highest BCUT2D eigenvalue weighted by Crippen LogP contribution is 2.32. The molecule has 3 aromatic carbocycles. The van der Waals surface area contributed by atoms with Crippen LogP contribution < -0.4 is 5.32 Å². The van der Waals surface area contributed by atoms with Gasteiger partial charge in [0.1, 0.15) is 11.9 Å². The summed E-state index contributed by atoms with van der Waals surface area (Å²) in [6.45, 7) is 0. The molecule has 0 fully saturated rings. The van der Waals surface area contributed by atoms with Crippen molar-refractivity contribution in [2.24, 2.45) is 0 Å². The van der Waals surface area contributed by atoms with Gasteiger partial charge in [-0.1, -0.05) is 42.5 Å². The first-order chi connectivity index (χ1) is 17.3. The molecule has 1 amide bonds. The molecule has 0 aliphatic heterocycles. The van der Waals surface area contributed by atoms with Gasteiger partial charge in [0.05, 0.1) is 11.1 Å². The summed E-state index contributed by atoms with van der Waals surface area (Å²) in [5.74, 6) is -1.15. The van der Waals surface area contributed by atoms with Crippen LogP contribution in [0.5, 0.6) is 0 Å². The van der Waals surface area contributed by atoms with Crippen LogP contribution in [0.25, 0.3) is 16.3 Å². The van der Waals surface area contributed by atoms with E-state index in [1.54, 1.807) is 36.7 Å². The highest BCUT2D eigenvalue weighted by atomic mass is 19.4. The monoisotopic (exact) mass is 487 g/mol. The number of benzene rings is 3. The molecule has 0 saturated heterocycles. The maximum atomic E-state index is 13.9. The Bertz CT molecular complexity index is 1530. The number of nitrogens with zero attached hydrogens (tertiary/aromatic N) is 2. The molecule has 0 saturated carbocycles. The van der Waals surface area contributed by atoms with Crippen molar-refractivity contribution in [3.8, 4) is 6.07 Å². The van der Waals surface area contributed by atoms with Gasteiger partial charge in [-0.2, -0.15) is 18.4 Å². The van der Waals surface area contributed by atoms with E-state index in [2.05, 4.69) is 10.3 Å². The SMILES string of the molecule is N#Cc1cc(C(=CC=CC(=O)Nc2cccc3cnccc23)c2ccc(C(F)(F)F)cc2)ccc1F. The third-order valence-corrected chi connectivity index (χ3v) is 5.37. The Morgan fingerprint density at radius 1 is 1.00 bits per heavy atom. The van der Waals surface area contributed by atoms with Crippen molar-refractivity contribution in [3.63, 3.8) is 0 Å². The zero-order valence-corrected chi connectivity index (χ0v) is 18.6. The number of fused-ring (bicyclic) bond motifs is 1. The molecule has 8 heteroatoms. The Kier molecular flexibility index (Phi) is 6.93. The van der Waals surface area contributed by atoms with E-state index < -0.39 is 23.5 Å². The maximum absolute atomic E-state index is 13.9. The number of alkyl halides is 3. The van der Waals surface area contributed by atoms with E-state index in [1.807, 2.05) is 6.07 Å². The molecule has 4 aromatic rings. The van der Waals surface area contributed by atoms with Gasteiger partial charge in [-0.3, -0.25) is 9.78 Å². The molecule has 0 bridgehead atoms. The lowest BCUT2D eigenvalue weighted by atomic mass is 9.95. The fourth-order valence-electron chi connectivity index (χ4n) is 3.61. The number of allylic oxidation sites excluding steroid dienone is 2. The van der Waals surface area contributed by atoms with Crippen molar-refractivity contribution in [1.29, 1.82) is 5.26 Å². The van der Waals surface area contributed by atoms with Crippen LogP contribution >= 0.6 is 0 Å². The van der Waals surface area contributed by atoms with Crippen LogP contribution in [0.4, 0.5) is 23.2 Å². The van der Waals surface area contributed by atoms with Crippen LogP contribution in [0.15, 0.2) is 97.4 Å². The molecule has 178 valence electrons. The highest BCUT2D eigenvalue weighted by Gasteiger charge is 2.30. The van der Waals surface area contributed by atoms with Crippen LogP contribution in [-0.4, -0.2) is 10.9 Å². The molecule has 0 spiro atoms. The van der Waals surface area contributed by atoms with Gasteiger partial charge in [-0.25, -0.2) is 4.39 Å². The molecule has 0 radical (unpaired) electrons. The molecule has 1 heterocycles.